The van der Waals surface area contributed by atoms with E-state index >= 15 is 0 Å². The van der Waals surface area contributed by atoms with Crippen molar-refractivity contribution < 1.29 is 22.4 Å². The smallest absolute Gasteiger partial charge is 0.286 e. The zero-order chi connectivity index (χ0) is 17.1. The Morgan fingerprint density at radius 1 is 1.52 bits per heavy atom. The third-order valence-electron chi connectivity index (χ3n) is 3.29. The number of hydrogen-bond acceptors (Lipinski definition) is 3. The van der Waals surface area contributed by atoms with E-state index < -0.39 is 46.3 Å². The van der Waals surface area contributed by atoms with Gasteiger partial charge in [-0.25, -0.2) is 17.6 Å². The molecule has 1 amide bonds. The average molecular weight is 373 g/mol. The Kier molecular flexibility index (Phi) is 5.96. The van der Waals surface area contributed by atoms with Gasteiger partial charge in [0.15, 0.2) is 5.82 Å². The largest absolute Gasteiger partial charge is 0.324 e. The lowest BCUT2D eigenvalue weighted by atomic mass is 10.2. The maximum absolute atomic E-state index is 13.5. The van der Waals surface area contributed by atoms with Crippen LogP contribution in [0.2, 0.25) is 0 Å². The molecule has 0 radical (unpaired) electrons. The number of anilines is 1. The molecule has 0 aliphatic carbocycles. The minimum Gasteiger partial charge on any atom is -0.324 e. The fraction of sp³-hybridized carbons (Fsp3) is 0.538. The van der Waals surface area contributed by atoms with Gasteiger partial charge in [-0.2, -0.15) is 0 Å². The second kappa shape index (κ2) is 7.57. The molecule has 1 N–H and O–H groups in total. The van der Waals surface area contributed by atoms with Crippen molar-refractivity contribution in [2.45, 2.75) is 35.3 Å². The first kappa shape index (κ1) is 18.1. The number of alkyl halides is 4. The molecule has 128 valence electrons. The van der Waals surface area contributed by atoms with Crippen LogP contribution in [0.3, 0.4) is 0 Å². The third kappa shape index (κ3) is 4.20. The van der Waals surface area contributed by atoms with Crippen molar-refractivity contribution in [3.63, 3.8) is 0 Å². The van der Waals surface area contributed by atoms with Crippen molar-refractivity contribution in [3.8, 4) is 0 Å². The number of nitrogens with one attached hydrogen (secondary N) is 1. The first-order valence-electron chi connectivity index (χ1n) is 6.68. The Balaban J connectivity index is 2.10. The number of aryl methyl sites for hydroxylation is 1. The molecule has 1 aromatic rings. The molecule has 2 heterocycles. The summed E-state index contributed by atoms with van der Waals surface area (Å²) >= 11 is 6.56. The fourth-order valence-corrected chi connectivity index (χ4v) is 4.06. The van der Waals surface area contributed by atoms with Crippen LogP contribution in [0.25, 0.3) is 0 Å². The van der Waals surface area contributed by atoms with Gasteiger partial charge in [-0.3, -0.25) is 9.59 Å². The number of nitrogens with zero attached hydrogens (tertiary/aromatic N) is 1. The normalized spacial score (nSPS) is 24.2. The molecule has 3 atom stereocenters. The van der Waals surface area contributed by atoms with Gasteiger partial charge in [0.1, 0.15) is 6.67 Å². The summed E-state index contributed by atoms with van der Waals surface area (Å²) in [6.07, 6.45) is -1.49. The fourth-order valence-electron chi connectivity index (χ4n) is 2.20. The highest BCUT2D eigenvalue weighted by Crippen LogP contribution is 2.40. The summed E-state index contributed by atoms with van der Waals surface area (Å²) in [5, 5.41) is -0.448. The molecule has 1 fully saturated rings. The van der Waals surface area contributed by atoms with Crippen LogP contribution in [-0.2, 0) is 11.3 Å². The van der Waals surface area contributed by atoms with Gasteiger partial charge in [-0.05, 0) is 6.42 Å². The number of amides is 1. The number of aromatic nitrogens is 1. The van der Waals surface area contributed by atoms with E-state index in [1.165, 1.54) is 0 Å². The molecule has 3 unspecified atom stereocenters. The lowest BCUT2D eigenvalue weighted by Gasteiger charge is -2.13. The van der Waals surface area contributed by atoms with Gasteiger partial charge in [-0.15, -0.1) is 23.4 Å². The van der Waals surface area contributed by atoms with Crippen molar-refractivity contribution >= 4 is 35.0 Å². The topological polar surface area (TPSA) is 51.1 Å². The number of hydrogen-bond donors (Lipinski definition) is 1. The standard InChI is InChI=1S/C13H13ClF4N2O2S/c14-7-4-9(23-10(7)11(17)18)12(21)19-6-3-8(16)13(22)20(5-6)2-1-15/h3,5,7,9-11H,1-2,4H2,(H,19,21). The molecule has 0 aromatic carbocycles. The van der Waals surface area contributed by atoms with Gasteiger partial charge in [0, 0.05) is 12.3 Å². The highest BCUT2D eigenvalue weighted by molar-refractivity contribution is 8.01. The van der Waals surface area contributed by atoms with Crippen LogP contribution >= 0.6 is 23.4 Å². The van der Waals surface area contributed by atoms with Crippen LogP contribution in [-0.4, -0.2) is 39.5 Å². The predicted molar refractivity (Wildman–Crippen MR) is 80.7 cm³/mol. The maximum Gasteiger partial charge on any atom is 0.286 e. The van der Waals surface area contributed by atoms with Crippen LogP contribution in [0.4, 0.5) is 23.2 Å². The molecule has 4 nitrogen and oxygen atoms in total. The van der Waals surface area contributed by atoms with Crippen LogP contribution in [0.5, 0.6) is 0 Å². The third-order valence-corrected chi connectivity index (χ3v) is 5.48. The molecule has 0 spiro atoms. The molecular formula is C13H13ClF4N2O2S. The number of rotatable bonds is 5. The van der Waals surface area contributed by atoms with Gasteiger partial charge in [0.2, 0.25) is 5.91 Å². The molecule has 1 aliphatic rings. The van der Waals surface area contributed by atoms with E-state index in [1.54, 1.807) is 0 Å². The van der Waals surface area contributed by atoms with Crippen molar-refractivity contribution in [2.75, 3.05) is 12.0 Å². The van der Waals surface area contributed by atoms with Gasteiger partial charge in [0.05, 0.1) is 28.1 Å². The molecule has 1 saturated heterocycles. The molecule has 0 saturated carbocycles. The minimum absolute atomic E-state index is 0.0484. The number of halogens is 5. The maximum atomic E-state index is 13.5. The average Bonchev–Trinajstić information content (AvgIpc) is 2.87. The molecular weight excluding hydrogens is 360 g/mol. The van der Waals surface area contributed by atoms with Crippen molar-refractivity contribution in [1.29, 1.82) is 0 Å². The second-order valence-electron chi connectivity index (χ2n) is 4.93. The Bertz CT molecular complexity index is 643. The second-order valence-corrected chi connectivity index (χ2v) is 6.88. The van der Waals surface area contributed by atoms with E-state index in [9.17, 15) is 27.2 Å². The number of carbonyl (C=O) groups is 1. The lowest BCUT2D eigenvalue weighted by molar-refractivity contribution is -0.115. The molecule has 1 aliphatic heterocycles. The van der Waals surface area contributed by atoms with Crippen molar-refractivity contribution in [2.24, 2.45) is 0 Å². The first-order valence-corrected chi connectivity index (χ1v) is 8.06. The van der Waals surface area contributed by atoms with Gasteiger partial charge in [0.25, 0.3) is 12.0 Å². The molecule has 0 bridgehead atoms. The Morgan fingerprint density at radius 2 is 2.22 bits per heavy atom. The van der Waals surface area contributed by atoms with Crippen LogP contribution in [0.1, 0.15) is 6.42 Å². The summed E-state index contributed by atoms with van der Waals surface area (Å²) in [6, 6.07) is 0.803. The summed E-state index contributed by atoms with van der Waals surface area (Å²) in [4.78, 5) is 23.5. The van der Waals surface area contributed by atoms with Crippen molar-refractivity contribution in [1.82, 2.24) is 4.57 Å². The zero-order valence-corrected chi connectivity index (χ0v) is 13.2. The number of thioether (sulfide) groups is 1. The van der Waals surface area contributed by atoms with Crippen LogP contribution < -0.4 is 10.9 Å². The molecule has 1 aromatic heterocycles. The SMILES string of the molecule is O=C(Nc1cc(F)c(=O)n(CCF)c1)C1CC(Cl)C(C(F)F)S1. The Morgan fingerprint density at radius 3 is 2.78 bits per heavy atom. The summed E-state index contributed by atoms with van der Waals surface area (Å²) in [6.45, 7) is -1.23. The van der Waals surface area contributed by atoms with E-state index in [2.05, 4.69) is 5.32 Å². The summed E-state index contributed by atoms with van der Waals surface area (Å²) < 4.78 is 52.1. The quantitative estimate of drug-likeness (QED) is 0.638. The van der Waals surface area contributed by atoms with E-state index in [0.717, 1.165) is 28.6 Å². The number of pyridine rings is 1. The highest BCUT2D eigenvalue weighted by atomic mass is 35.5. The minimum atomic E-state index is -2.65. The lowest BCUT2D eigenvalue weighted by Crippen LogP contribution is -2.27. The van der Waals surface area contributed by atoms with Crippen LogP contribution in [0.15, 0.2) is 17.1 Å². The van der Waals surface area contributed by atoms with E-state index in [0.29, 0.717) is 0 Å². The molecule has 10 heteroatoms. The Hall–Kier alpha value is -1.22. The number of carbonyl (C=O) groups excluding carboxylic acids is 1. The van der Waals surface area contributed by atoms with Crippen LogP contribution in [0, 0.1) is 5.82 Å². The van der Waals surface area contributed by atoms with Gasteiger partial charge in [-0.1, -0.05) is 0 Å². The molecule has 23 heavy (non-hydrogen) atoms. The Labute approximate surface area is 138 Å². The summed E-state index contributed by atoms with van der Waals surface area (Å²) in [7, 11) is 0. The van der Waals surface area contributed by atoms with Gasteiger partial charge >= 0.3 is 0 Å². The van der Waals surface area contributed by atoms with E-state index in [4.69, 9.17) is 11.6 Å². The highest BCUT2D eigenvalue weighted by Gasteiger charge is 2.42. The first-order chi connectivity index (χ1) is 10.8. The van der Waals surface area contributed by atoms with Gasteiger partial charge < -0.3 is 9.88 Å². The van der Waals surface area contributed by atoms with E-state index in [-0.39, 0.29) is 18.7 Å². The zero-order valence-electron chi connectivity index (χ0n) is 11.6. The summed E-state index contributed by atoms with van der Waals surface area (Å²) in [5.41, 5.74) is -1.05. The summed E-state index contributed by atoms with van der Waals surface area (Å²) in [5.74, 6) is -1.76. The molecule has 2 rings (SSSR count). The van der Waals surface area contributed by atoms with Crippen molar-refractivity contribution in [3.05, 3.63) is 28.4 Å². The predicted octanol–water partition coefficient (Wildman–Crippen LogP) is 2.64. The van der Waals surface area contributed by atoms with E-state index in [1.807, 2.05) is 0 Å². The monoisotopic (exact) mass is 372 g/mol.